The molecule has 128 valence electrons. The number of carbonyl (C=O) groups excluding carboxylic acids is 1. The Kier molecular flexibility index (Phi) is 5.34. The van der Waals surface area contributed by atoms with Gasteiger partial charge in [0, 0.05) is 32.9 Å². The van der Waals surface area contributed by atoms with Gasteiger partial charge in [-0.2, -0.15) is 0 Å². The zero-order chi connectivity index (χ0) is 17.0. The Morgan fingerprint density at radius 3 is 2.65 bits per heavy atom. The SMILES string of the molecule is CN(CC1CCN(C(=O)OC(C)(C)C)CC1)c1ncccc1O. The minimum atomic E-state index is -0.454. The van der Waals surface area contributed by atoms with Gasteiger partial charge in [0.2, 0.25) is 0 Å². The first-order valence-electron chi connectivity index (χ1n) is 8.09. The molecule has 1 aliphatic rings. The van der Waals surface area contributed by atoms with Crippen LogP contribution in [0.4, 0.5) is 10.6 Å². The van der Waals surface area contributed by atoms with Gasteiger partial charge in [-0.05, 0) is 51.7 Å². The van der Waals surface area contributed by atoms with Gasteiger partial charge in [0.05, 0.1) is 0 Å². The minimum absolute atomic E-state index is 0.196. The molecular weight excluding hydrogens is 294 g/mol. The first-order valence-corrected chi connectivity index (χ1v) is 8.09. The third-order valence-corrected chi connectivity index (χ3v) is 3.93. The number of amides is 1. The second kappa shape index (κ2) is 7.06. The van der Waals surface area contributed by atoms with Gasteiger partial charge < -0.3 is 19.6 Å². The number of likely N-dealkylation sites (tertiary alicyclic amines) is 1. The standard InChI is InChI=1S/C17H27N3O3/c1-17(2,3)23-16(22)20-10-7-13(8-11-20)12-19(4)15-14(21)6-5-9-18-15/h5-6,9,13,21H,7-8,10-12H2,1-4H3. The van der Waals surface area contributed by atoms with Crippen LogP contribution in [0.5, 0.6) is 5.75 Å². The summed E-state index contributed by atoms with van der Waals surface area (Å²) in [6, 6.07) is 3.36. The number of aromatic nitrogens is 1. The van der Waals surface area contributed by atoms with Gasteiger partial charge in [-0.25, -0.2) is 9.78 Å². The van der Waals surface area contributed by atoms with Crippen molar-refractivity contribution in [2.24, 2.45) is 5.92 Å². The van der Waals surface area contributed by atoms with E-state index >= 15 is 0 Å². The average molecular weight is 321 g/mol. The molecule has 1 saturated heterocycles. The van der Waals surface area contributed by atoms with Crippen LogP contribution in [0.1, 0.15) is 33.6 Å². The van der Waals surface area contributed by atoms with E-state index in [-0.39, 0.29) is 11.8 Å². The lowest BCUT2D eigenvalue weighted by atomic mass is 9.96. The summed E-state index contributed by atoms with van der Waals surface area (Å²) in [7, 11) is 1.93. The lowest BCUT2D eigenvalue weighted by Crippen LogP contribution is -2.43. The third kappa shape index (κ3) is 5.01. The monoisotopic (exact) mass is 321 g/mol. The van der Waals surface area contributed by atoms with Crippen molar-refractivity contribution in [1.82, 2.24) is 9.88 Å². The molecule has 0 aromatic carbocycles. The summed E-state index contributed by atoms with van der Waals surface area (Å²) >= 11 is 0. The highest BCUT2D eigenvalue weighted by Crippen LogP contribution is 2.26. The number of aromatic hydroxyl groups is 1. The maximum atomic E-state index is 12.1. The van der Waals surface area contributed by atoms with Crippen molar-refractivity contribution in [1.29, 1.82) is 0 Å². The number of hydrogen-bond donors (Lipinski definition) is 1. The Hall–Kier alpha value is -1.98. The first-order chi connectivity index (χ1) is 10.8. The van der Waals surface area contributed by atoms with Crippen LogP contribution in [0, 0.1) is 5.92 Å². The molecule has 6 heteroatoms. The van der Waals surface area contributed by atoms with E-state index in [1.165, 1.54) is 0 Å². The van der Waals surface area contributed by atoms with E-state index in [2.05, 4.69) is 4.98 Å². The molecule has 1 N–H and O–H groups in total. The smallest absolute Gasteiger partial charge is 0.410 e. The molecular formula is C17H27N3O3. The molecule has 0 saturated carbocycles. The summed E-state index contributed by atoms with van der Waals surface area (Å²) in [5.74, 6) is 1.27. The van der Waals surface area contributed by atoms with E-state index in [0.717, 1.165) is 19.4 Å². The van der Waals surface area contributed by atoms with E-state index in [9.17, 15) is 9.90 Å². The van der Waals surface area contributed by atoms with Crippen LogP contribution in [-0.2, 0) is 4.74 Å². The van der Waals surface area contributed by atoms with Crippen molar-refractivity contribution in [3.63, 3.8) is 0 Å². The Morgan fingerprint density at radius 1 is 1.43 bits per heavy atom. The van der Waals surface area contributed by atoms with E-state index in [1.807, 2.05) is 32.7 Å². The zero-order valence-electron chi connectivity index (χ0n) is 14.5. The van der Waals surface area contributed by atoms with Crippen molar-refractivity contribution in [2.75, 3.05) is 31.6 Å². The number of ether oxygens (including phenoxy) is 1. The fourth-order valence-corrected chi connectivity index (χ4v) is 2.78. The van der Waals surface area contributed by atoms with Gasteiger partial charge >= 0.3 is 6.09 Å². The number of hydrogen-bond acceptors (Lipinski definition) is 5. The molecule has 0 aliphatic carbocycles. The number of anilines is 1. The molecule has 1 aliphatic heterocycles. The molecule has 0 atom stereocenters. The number of nitrogens with zero attached hydrogens (tertiary/aromatic N) is 3. The molecule has 23 heavy (non-hydrogen) atoms. The predicted molar refractivity (Wildman–Crippen MR) is 89.7 cm³/mol. The van der Waals surface area contributed by atoms with Gasteiger partial charge in [-0.1, -0.05) is 0 Å². The van der Waals surface area contributed by atoms with Gasteiger partial charge in [0.25, 0.3) is 0 Å². The first kappa shape index (κ1) is 17.4. The highest BCUT2D eigenvalue weighted by molar-refractivity contribution is 5.68. The lowest BCUT2D eigenvalue weighted by Gasteiger charge is -2.35. The molecule has 0 spiro atoms. The molecule has 0 unspecified atom stereocenters. The van der Waals surface area contributed by atoms with E-state index in [0.29, 0.717) is 24.8 Å². The van der Waals surface area contributed by atoms with Crippen molar-refractivity contribution in [3.05, 3.63) is 18.3 Å². The van der Waals surface area contributed by atoms with Gasteiger partial charge in [0.15, 0.2) is 11.6 Å². The van der Waals surface area contributed by atoms with Crippen molar-refractivity contribution in [3.8, 4) is 5.75 Å². The maximum absolute atomic E-state index is 12.1. The van der Waals surface area contributed by atoms with Crippen LogP contribution in [0.3, 0.4) is 0 Å². The fraction of sp³-hybridized carbons (Fsp3) is 0.647. The Bertz CT molecular complexity index is 534. The largest absolute Gasteiger partial charge is 0.504 e. The molecule has 1 aromatic rings. The zero-order valence-corrected chi connectivity index (χ0v) is 14.5. The second-order valence-electron chi connectivity index (χ2n) is 7.14. The Labute approximate surface area is 138 Å². The number of carbonyl (C=O) groups is 1. The molecule has 0 bridgehead atoms. The summed E-state index contributed by atoms with van der Waals surface area (Å²) in [4.78, 5) is 20.0. The van der Waals surface area contributed by atoms with Gasteiger partial charge in [-0.3, -0.25) is 0 Å². The molecule has 1 aromatic heterocycles. The second-order valence-corrected chi connectivity index (χ2v) is 7.14. The van der Waals surface area contributed by atoms with Crippen LogP contribution in [-0.4, -0.2) is 53.4 Å². The average Bonchev–Trinajstić information content (AvgIpc) is 2.46. The Morgan fingerprint density at radius 2 is 2.09 bits per heavy atom. The van der Waals surface area contributed by atoms with Crippen molar-refractivity contribution >= 4 is 11.9 Å². The van der Waals surface area contributed by atoms with Gasteiger partial charge in [0.1, 0.15) is 5.60 Å². The van der Waals surface area contributed by atoms with Crippen LogP contribution in [0.25, 0.3) is 0 Å². The number of pyridine rings is 1. The van der Waals surface area contributed by atoms with Crippen LogP contribution < -0.4 is 4.90 Å². The highest BCUT2D eigenvalue weighted by Gasteiger charge is 2.27. The van der Waals surface area contributed by atoms with E-state index < -0.39 is 5.60 Å². The maximum Gasteiger partial charge on any atom is 0.410 e. The molecule has 1 amide bonds. The Balaban J connectivity index is 1.83. The molecule has 2 heterocycles. The topological polar surface area (TPSA) is 65.9 Å². The third-order valence-electron chi connectivity index (χ3n) is 3.93. The quantitative estimate of drug-likeness (QED) is 0.927. The lowest BCUT2D eigenvalue weighted by molar-refractivity contribution is 0.0186. The summed E-state index contributed by atoms with van der Waals surface area (Å²) in [5, 5.41) is 9.86. The number of rotatable bonds is 3. The van der Waals surface area contributed by atoms with E-state index in [4.69, 9.17) is 4.74 Å². The van der Waals surface area contributed by atoms with Crippen LogP contribution >= 0.6 is 0 Å². The number of piperidine rings is 1. The minimum Gasteiger partial charge on any atom is -0.504 e. The normalized spacial score (nSPS) is 16.3. The fourth-order valence-electron chi connectivity index (χ4n) is 2.78. The van der Waals surface area contributed by atoms with E-state index in [1.54, 1.807) is 23.2 Å². The highest BCUT2D eigenvalue weighted by atomic mass is 16.6. The predicted octanol–water partition coefficient (Wildman–Crippen LogP) is 2.87. The molecule has 1 fully saturated rings. The van der Waals surface area contributed by atoms with Crippen molar-refractivity contribution < 1.29 is 14.6 Å². The summed E-state index contributed by atoms with van der Waals surface area (Å²) in [6.07, 6.45) is 3.30. The van der Waals surface area contributed by atoms with Crippen LogP contribution in [0.2, 0.25) is 0 Å². The molecule has 2 rings (SSSR count). The summed E-state index contributed by atoms with van der Waals surface area (Å²) < 4.78 is 5.41. The van der Waals surface area contributed by atoms with Crippen molar-refractivity contribution in [2.45, 2.75) is 39.2 Å². The molecule has 6 nitrogen and oxygen atoms in total. The van der Waals surface area contributed by atoms with Gasteiger partial charge in [-0.15, -0.1) is 0 Å². The van der Waals surface area contributed by atoms with Crippen LogP contribution in [0.15, 0.2) is 18.3 Å². The summed E-state index contributed by atoms with van der Waals surface area (Å²) in [5.41, 5.74) is -0.454. The molecule has 0 radical (unpaired) electrons. The summed E-state index contributed by atoms with van der Waals surface area (Å²) in [6.45, 7) is 7.87.